The highest BCUT2D eigenvalue weighted by atomic mass is 16.6. The predicted octanol–water partition coefficient (Wildman–Crippen LogP) is 2.15. The molecule has 0 saturated heterocycles. The SMILES string of the molecule is CC(C)(C)OC(=O)N(C=O)c1ccccc1C(=O)CCO. The van der Waals surface area contributed by atoms with Crippen molar-refractivity contribution in [2.24, 2.45) is 0 Å². The number of aliphatic hydroxyl groups excluding tert-OH is 1. The smallest absolute Gasteiger partial charge is 0.421 e. The molecule has 0 bridgehead atoms. The lowest BCUT2D eigenvalue weighted by molar-refractivity contribution is -0.107. The lowest BCUT2D eigenvalue weighted by Gasteiger charge is -2.24. The summed E-state index contributed by atoms with van der Waals surface area (Å²) in [4.78, 5) is 35.9. The maximum Gasteiger partial charge on any atom is 0.421 e. The number of Topliss-reactive ketones (excluding diaryl/α,β-unsaturated/α-hetero) is 1. The average Bonchev–Trinajstić information content (AvgIpc) is 2.38. The molecule has 114 valence electrons. The van der Waals surface area contributed by atoms with Crippen LogP contribution < -0.4 is 4.90 Å². The number of hydrogen-bond donors (Lipinski definition) is 1. The molecule has 0 saturated carbocycles. The molecule has 0 radical (unpaired) electrons. The van der Waals surface area contributed by atoms with E-state index < -0.39 is 11.7 Å². The van der Waals surface area contributed by atoms with Gasteiger partial charge in [-0.15, -0.1) is 0 Å². The van der Waals surface area contributed by atoms with Crippen molar-refractivity contribution in [3.63, 3.8) is 0 Å². The third-order valence-corrected chi connectivity index (χ3v) is 2.50. The molecular weight excluding hydrogens is 274 g/mol. The fraction of sp³-hybridized carbons (Fsp3) is 0.400. The van der Waals surface area contributed by atoms with Crippen LogP contribution in [0.2, 0.25) is 0 Å². The second-order valence-electron chi connectivity index (χ2n) is 5.37. The van der Waals surface area contributed by atoms with Crippen molar-refractivity contribution in [3.05, 3.63) is 29.8 Å². The Hall–Kier alpha value is -2.21. The van der Waals surface area contributed by atoms with Crippen LogP contribution in [-0.2, 0) is 9.53 Å². The number of aliphatic hydroxyl groups is 1. The van der Waals surface area contributed by atoms with Gasteiger partial charge in [0.1, 0.15) is 5.60 Å². The Morgan fingerprint density at radius 1 is 1.29 bits per heavy atom. The second kappa shape index (κ2) is 6.99. The molecule has 6 heteroatoms. The van der Waals surface area contributed by atoms with Crippen molar-refractivity contribution in [1.29, 1.82) is 0 Å². The van der Waals surface area contributed by atoms with Gasteiger partial charge in [-0.05, 0) is 32.9 Å². The zero-order valence-corrected chi connectivity index (χ0v) is 12.3. The number of amides is 2. The summed E-state index contributed by atoms with van der Waals surface area (Å²) in [5, 5.41) is 8.85. The topological polar surface area (TPSA) is 83.9 Å². The van der Waals surface area contributed by atoms with Crippen LogP contribution in [0.4, 0.5) is 10.5 Å². The van der Waals surface area contributed by atoms with Gasteiger partial charge >= 0.3 is 6.09 Å². The van der Waals surface area contributed by atoms with Gasteiger partial charge in [-0.1, -0.05) is 12.1 Å². The number of ketones is 1. The fourth-order valence-corrected chi connectivity index (χ4v) is 1.66. The molecule has 1 aromatic rings. The largest absolute Gasteiger partial charge is 0.443 e. The minimum Gasteiger partial charge on any atom is -0.443 e. The van der Waals surface area contributed by atoms with E-state index in [1.807, 2.05) is 0 Å². The van der Waals surface area contributed by atoms with Gasteiger partial charge in [0, 0.05) is 12.0 Å². The maximum atomic E-state index is 12.0. The first kappa shape index (κ1) is 16.8. The van der Waals surface area contributed by atoms with Crippen LogP contribution in [0.5, 0.6) is 0 Å². The van der Waals surface area contributed by atoms with E-state index in [-0.39, 0.29) is 30.1 Å². The monoisotopic (exact) mass is 293 g/mol. The summed E-state index contributed by atoms with van der Waals surface area (Å²) in [6.45, 7) is 4.73. The number of para-hydroxylation sites is 1. The summed E-state index contributed by atoms with van der Waals surface area (Å²) in [6, 6.07) is 6.19. The van der Waals surface area contributed by atoms with Gasteiger partial charge in [0.25, 0.3) is 0 Å². The Labute approximate surface area is 123 Å². The van der Waals surface area contributed by atoms with E-state index >= 15 is 0 Å². The predicted molar refractivity (Wildman–Crippen MR) is 77.3 cm³/mol. The van der Waals surface area contributed by atoms with Crippen molar-refractivity contribution in [1.82, 2.24) is 0 Å². The number of imide groups is 1. The number of anilines is 1. The van der Waals surface area contributed by atoms with E-state index in [1.54, 1.807) is 32.9 Å². The highest BCUT2D eigenvalue weighted by Gasteiger charge is 2.26. The summed E-state index contributed by atoms with van der Waals surface area (Å²) >= 11 is 0. The summed E-state index contributed by atoms with van der Waals surface area (Å²) in [5.41, 5.74) is -0.438. The van der Waals surface area contributed by atoms with Crippen molar-refractivity contribution in [3.8, 4) is 0 Å². The van der Waals surface area contributed by atoms with E-state index in [0.717, 1.165) is 4.90 Å². The Balaban J connectivity index is 3.14. The quantitative estimate of drug-likeness (QED) is 0.664. The zero-order chi connectivity index (χ0) is 16.0. The number of carbonyl (C=O) groups is 3. The summed E-state index contributed by atoms with van der Waals surface area (Å²) in [6.07, 6.45) is -0.640. The van der Waals surface area contributed by atoms with Gasteiger partial charge < -0.3 is 9.84 Å². The second-order valence-corrected chi connectivity index (χ2v) is 5.37. The number of hydrogen-bond acceptors (Lipinski definition) is 5. The number of rotatable bonds is 5. The first-order valence-electron chi connectivity index (χ1n) is 6.50. The first-order chi connectivity index (χ1) is 9.80. The van der Waals surface area contributed by atoms with Crippen LogP contribution in [0.1, 0.15) is 37.6 Å². The molecule has 6 nitrogen and oxygen atoms in total. The molecule has 0 aromatic heterocycles. The molecule has 0 fully saturated rings. The van der Waals surface area contributed by atoms with Crippen molar-refractivity contribution < 1.29 is 24.2 Å². The fourth-order valence-electron chi connectivity index (χ4n) is 1.66. The molecule has 2 amide bonds. The van der Waals surface area contributed by atoms with Crippen LogP contribution in [0, 0.1) is 0 Å². The number of benzene rings is 1. The van der Waals surface area contributed by atoms with E-state index in [0.29, 0.717) is 6.41 Å². The van der Waals surface area contributed by atoms with Gasteiger partial charge in [0.2, 0.25) is 6.41 Å². The van der Waals surface area contributed by atoms with E-state index in [4.69, 9.17) is 9.84 Å². The molecule has 1 aromatic carbocycles. The molecule has 0 spiro atoms. The summed E-state index contributed by atoms with van der Waals surface area (Å²) in [5.74, 6) is -0.358. The number of ether oxygens (including phenoxy) is 1. The minimum atomic E-state index is -0.859. The lowest BCUT2D eigenvalue weighted by Crippen LogP contribution is -2.36. The third-order valence-electron chi connectivity index (χ3n) is 2.50. The Kier molecular flexibility index (Phi) is 5.60. The van der Waals surface area contributed by atoms with Gasteiger partial charge in [-0.25, -0.2) is 9.69 Å². The lowest BCUT2D eigenvalue weighted by atomic mass is 10.1. The third kappa shape index (κ3) is 4.68. The standard InChI is InChI=1S/C15H19NO5/c1-15(2,3)21-14(20)16(10-18)12-7-5-4-6-11(12)13(19)8-9-17/h4-7,10,17H,8-9H2,1-3H3. The molecule has 1 N–H and O–H groups in total. The molecule has 21 heavy (non-hydrogen) atoms. The van der Waals surface area contributed by atoms with Crippen LogP contribution in [0.15, 0.2) is 24.3 Å². The van der Waals surface area contributed by atoms with E-state index in [2.05, 4.69) is 0 Å². The van der Waals surface area contributed by atoms with Crippen molar-refractivity contribution in [2.45, 2.75) is 32.8 Å². The van der Waals surface area contributed by atoms with Gasteiger partial charge in [0.05, 0.1) is 12.3 Å². The Morgan fingerprint density at radius 3 is 2.43 bits per heavy atom. The zero-order valence-electron chi connectivity index (χ0n) is 12.3. The van der Waals surface area contributed by atoms with E-state index in [1.165, 1.54) is 12.1 Å². The van der Waals surface area contributed by atoms with Gasteiger partial charge in [-0.3, -0.25) is 9.59 Å². The highest BCUT2D eigenvalue weighted by molar-refractivity contribution is 6.10. The molecular formula is C15H19NO5. The minimum absolute atomic E-state index is 0.0853. The van der Waals surface area contributed by atoms with Crippen LogP contribution in [0.25, 0.3) is 0 Å². The highest BCUT2D eigenvalue weighted by Crippen LogP contribution is 2.23. The van der Waals surface area contributed by atoms with Crippen molar-refractivity contribution >= 4 is 24.0 Å². The molecule has 0 aliphatic heterocycles. The Morgan fingerprint density at radius 2 is 1.90 bits per heavy atom. The number of carbonyl (C=O) groups excluding carboxylic acids is 3. The molecule has 0 heterocycles. The van der Waals surface area contributed by atoms with Gasteiger partial charge in [-0.2, -0.15) is 0 Å². The van der Waals surface area contributed by atoms with Crippen molar-refractivity contribution in [2.75, 3.05) is 11.5 Å². The average molecular weight is 293 g/mol. The molecule has 0 unspecified atom stereocenters. The Bertz CT molecular complexity index is 533. The molecule has 0 aliphatic carbocycles. The summed E-state index contributed by atoms with van der Waals surface area (Å²) < 4.78 is 5.13. The molecule has 1 rings (SSSR count). The normalized spacial score (nSPS) is 10.9. The molecule has 0 atom stereocenters. The van der Waals surface area contributed by atoms with E-state index in [9.17, 15) is 14.4 Å². The maximum absolute atomic E-state index is 12.0. The van der Waals surface area contributed by atoms with Crippen LogP contribution in [-0.4, -0.2) is 35.6 Å². The summed E-state index contributed by atoms with van der Waals surface area (Å²) in [7, 11) is 0. The van der Waals surface area contributed by atoms with Crippen LogP contribution >= 0.6 is 0 Å². The first-order valence-corrected chi connectivity index (χ1v) is 6.50. The number of nitrogens with zero attached hydrogens (tertiary/aromatic N) is 1. The van der Waals surface area contributed by atoms with Crippen LogP contribution in [0.3, 0.4) is 0 Å². The molecule has 0 aliphatic rings. The van der Waals surface area contributed by atoms with Gasteiger partial charge in [0.15, 0.2) is 5.78 Å².